The van der Waals surface area contributed by atoms with E-state index in [1.807, 2.05) is 13.2 Å². The number of hydrogen-bond donors (Lipinski definition) is 1. The number of aromatic nitrogens is 2. The van der Waals surface area contributed by atoms with Crippen molar-refractivity contribution in [2.45, 2.75) is 12.2 Å². The Balaban J connectivity index is 1.92. The number of nitrogens with zero attached hydrogens (tertiary/aromatic N) is 4. The Morgan fingerprint density at radius 3 is 2.40 bits per heavy atom. The molecule has 1 fully saturated rings. The van der Waals surface area contributed by atoms with Gasteiger partial charge in [-0.25, -0.2) is 0 Å². The number of hydrogen-bond acceptors (Lipinski definition) is 4. The van der Waals surface area contributed by atoms with Crippen LogP contribution in [0.4, 0.5) is 13.2 Å². The molecule has 0 radical (unpaired) electrons. The van der Waals surface area contributed by atoms with E-state index in [4.69, 9.17) is 5.73 Å². The molecule has 1 aliphatic rings. The largest absolute Gasteiger partial charge is 0.401 e. The highest BCUT2D eigenvalue weighted by Crippen LogP contribution is 2.22. The zero-order valence-corrected chi connectivity index (χ0v) is 11.5. The van der Waals surface area contributed by atoms with E-state index in [1.54, 1.807) is 10.9 Å². The summed E-state index contributed by atoms with van der Waals surface area (Å²) in [6.45, 7) is 1.61. The molecular weight excluding hydrogens is 271 g/mol. The lowest BCUT2D eigenvalue weighted by Crippen LogP contribution is -2.51. The van der Waals surface area contributed by atoms with Gasteiger partial charge < -0.3 is 5.73 Å². The topological polar surface area (TPSA) is 50.3 Å². The van der Waals surface area contributed by atoms with E-state index in [1.165, 1.54) is 4.90 Å². The van der Waals surface area contributed by atoms with E-state index >= 15 is 0 Å². The van der Waals surface area contributed by atoms with Crippen LogP contribution in [-0.4, -0.2) is 65.0 Å². The molecule has 1 atom stereocenters. The van der Waals surface area contributed by atoms with Crippen LogP contribution in [0, 0.1) is 0 Å². The second kappa shape index (κ2) is 6.11. The van der Waals surface area contributed by atoms with Crippen molar-refractivity contribution in [3.05, 3.63) is 18.0 Å². The zero-order chi connectivity index (χ0) is 14.8. The van der Waals surface area contributed by atoms with E-state index in [-0.39, 0.29) is 6.04 Å². The van der Waals surface area contributed by atoms with Crippen molar-refractivity contribution in [2.24, 2.45) is 12.8 Å². The number of rotatable bonds is 4. The van der Waals surface area contributed by atoms with Crippen LogP contribution >= 0.6 is 0 Å². The van der Waals surface area contributed by atoms with Gasteiger partial charge in [0.25, 0.3) is 0 Å². The molecule has 1 saturated heterocycles. The SMILES string of the molecule is Cn1cc(C(CN)N2CCN(CC(F)(F)F)CC2)cn1. The van der Waals surface area contributed by atoms with E-state index in [2.05, 4.69) is 10.00 Å². The maximum absolute atomic E-state index is 12.3. The van der Waals surface area contributed by atoms with Crippen molar-refractivity contribution in [3.8, 4) is 0 Å². The molecule has 2 rings (SSSR count). The van der Waals surface area contributed by atoms with Gasteiger partial charge in [0.2, 0.25) is 0 Å². The van der Waals surface area contributed by atoms with Crippen LogP contribution in [0.2, 0.25) is 0 Å². The fourth-order valence-electron chi connectivity index (χ4n) is 2.59. The molecule has 1 unspecified atom stereocenters. The minimum atomic E-state index is -4.13. The standard InChI is InChI=1S/C12H20F3N5/c1-18-8-10(7-17-18)11(6-16)20-4-2-19(3-5-20)9-12(13,14)15/h7-8,11H,2-6,9,16H2,1H3. The third-order valence-corrected chi connectivity index (χ3v) is 3.58. The Bertz CT molecular complexity index is 423. The summed E-state index contributed by atoms with van der Waals surface area (Å²) in [6, 6.07) is 0.0248. The van der Waals surface area contributed by atoms with Crippen molar-refractivity contribution in [1.29, 1.82) is 0 Å². The summed E-state index contributed by atoms with van der Waals surface area (Å²) in [6.07, 6.45) is -0.460. The second-order valence-corrected chi connectivity index (χ2v) is 5.13. The van der Waals surface area contributed by atoms with Gasteiger partial charge in [-0.3, -0.25) is 14.5 Å². The Morgan fingerprint density at radius 2 is 1.95 bits per heavy atom. The summed E-state index contributed by atoms with van der Waals surface area (Å²) >= 11 is 0. The second-order valence-electron chi connectivity index (χ2n) is 5.13. The highest BCUT2D eigenvalue weighted by molar-refractivity contribution is 5.11. The predicted molar refractivity (Wildman–Crippen MR) is 69.1 cm³/mol. The van der Waals surface area contributed by atoms with E-state index in [0.29, 0.717) is 32.7 Å². The van der Waals surface area contributed by atoms with Gasteiger partial charge >= 0.3 is 6.18 Å². The lowest BCUT2D eigenvalue weighted by molar-refractivity contribution is -0.149. The summed E-state index contributed by atoms with van der Waals surface area (Å²) in [7, 11) is 1.83. The maximum atomic E-state index is 12.3. The molecule has 1 aliphatic heterocycles. The predicted octanol–water partition coefficient (Wildman–Crippen LogP) is 0.600. The summed E-state index contributed by atoms with van der Waals surface area (Å²) in [5.74, 6) is 0. The summed E-state index contributed by atoms with van der Waals surface area (Å²) < 4.78 is 38.7. The maximum Gasteiger partial charge on any atom is 0.401 e. The smallest absolute Gasteiger partial charge is 0.329 e. The summed E-state index contributed by atoms with van der Waals surface area (Å²) in [5, 5.41) is 4.12. The minimum absolute atomic E-state index is 0.0248. The van der Waals surface area contributed by atoms with Gasteiger partial charge in [-0.05, 0) is 0 Å². The van der Waals surface area contributed by atoms with Gasteiger partial charge in [-0.2, -0.15) is 18.3 Å². The van der Waals surface area contributed by atoms with E-state index in [0.717, 1.165) is 5.56 Å². The number of piperazine rings is 1. The molecule has 114 valence electrons. The van der Waals surface area contributed by atoms with Crippen molar-refractivity contribution in [2.75, 3.05) is 39.3 Å². The van der Waals surface area contributed by atoms with Crippen LogP contribution in [0.5, 0.6) is 0 Å². The van der Waals surface area contributed by atoms with Crippen LogP contribution < -0.4 is 5.73 Å². The average Bonchev–Trinajstić information content (AvgIpc) is 2.77. The van der Waals surface area contributed by atoms with Crippen LogP contribution in [0.1, 0.15) is 11.6 Å². The number of alkyl halides is 3. The summed E-state index contributed by atoms with van der Waals surface area (Å²) in [5.41, 5.74) is 6.82. The molecule has 0 spiro atoms. The van der Waals surface area contributed by atoms with Crippen LogP contribution in [0.3, 0.4) is 0 Å². The van der Waals surface area contributed by atoms with E-state index < -0.39 is 12.7 Å². The van der Waals surface area contributed by atoms with Gasteiger partial charge in [0.05, 0.1) is 18.8 Å². The molecule has 0 aliphatic carbocycles. The summed E-state index contributed by atoms with van der Waals surface area (Å²) in [4.78, 5) is 3.57. The Morgan fingerprint density at radius 1 is 1.30 bits per heavy atom. The molecule has 0 bridgehead atoms. The lowest BCUT2D eigenvalue weighted by atomic mass is 10.1. The Hall–Kier alpha value is -1.12. The molecule has 2 N–H and O–H groups in total. The monoisotopic (exact) mass is 291 g/mol. The third-order valence-electron chi connectivity index (χ3n) is 3.58. The molecule has 2 heterocycles. The first-order valence-corrected chi connectivity index (χ1v) is 6.61. The van der Waals surface area contributed by atoms with E-state index in [9.17, 15) is 13.2 Å². The van der Waals surface area contributed by atoms with Crippen LogP contribution in [-0.2, 0) is 7.05 Å². The minimum Gasteiger partial charge on any atom is -0.329 e. The number of nitrogens with two attached hydrogens (primary N) is 1. The first-order valence-electron chi connectivity index (χ1n) is 6.61. The first-order chi connectivity index (χ1) is 9.39. The molecule has 1 aromatic rings. The van der Waals surface area contributed by atoms with Gasteiger partial charge in [0, 0.05) is 51.5 Å². The van der Waals surface area contributed by atoms with Crippen molar-refractivity contribution in [1.82, 2.24) is 19.6 Å². The first kappa shape index (κ1) is 15.3. The average molecular weight is 291 g/mol. The fraction of sp³-hybridized carbons (Fsp3) is 0.750. The molecule has 1 aromatic heterocycles. The zero-order valence-electron chi connectivity index (χ0n) is 11.5. The quantitative estimate of drug-likeness (QED) is 0.882. The molecule has 8 heteroatoms. The van der Waals surface area contributed by atoms with Crippen LogP contribution in [0.15, 0.2) is 12.4 Å². The molecule has 0 saturated carbocycles. The molecule has 0 amide bonds. The molecule has 5 nitrogen and oxygen atoms in total. The third kappa shape index (κ3) is 3.94. The Kier molecular flexibility index (Phi) is 4.66. The highest BCUT2D eigenvalue weighted by atomic mass is 19.4. The number of aryl methyl sites for hydroxylation is 1. The molecular formula is C12H20F3N5. The molecule has 0 aromatic carbocycles. The van der Waals surface area contributed by atoms with Crippen molar-refractivity contribution in [3.63, 3.8) is 0 Å². The van der Waals surface area contributed by atoms with Gasteiger partial charge in [0.15, 0.2) is 0 Å². The highest BCUT2D eigenvalue weighted by Gasteiger charge is 2.33. The fourth-order valence-corrected chi connectivity index (χ4v) is 2.59. The normalized spacial score (nSPS) is 20.2. The van der Waals surface area contributed by atoms with Crippen molar-refractivity contribution >= 4 is 0 Å². The molecule has 20 heavy (non-hydrogen) atoms. The number of halogens is 3. The Labute approximate surface area is 116 Å². The van der Waals surface area contributed by atoms with Gasteiger partial charge in [-0.1, -0.05) is 0 Å². The van der Waals surface area contributed by atoms with Crippen molar-refractivity contribution < 1.29 is 13.2 Å². The van der Waals surface area contributed by atoms with Crippen LogP contribution in [0.25, 0.3) is 0 Å². The van der Waals surface area contributed by atoms with Gasteiger partial charge in [0.1, 0.15) is 0 Å². The lowest BCUT2D eigenvalue weighted by Gasteiger charge is -2.38. The van der Waals surface area contributed by atoms with Gasteiger partial charge in [-0.15, -0.1) is 0 Å².